The van der Waals surface area contributed by atoms with E-state index in [4.69, 9.17) is 9.47 Å². The Bertz CT molecular complexity index is 844. The number of ether oxygens (including phenoxy) is 2. The number of hydrogen-bond acceptors (Lipinski definition) is 5. The summed E-state index contributed by atoms with van der Waals surface area (Å²) < 4.78 is 10.4. The van der Waals surface area contributed by atoms with Crippen LogP contribution in [0.3, 0.4) is 0 Å². The zero-order chi connectivity index (χ0) is 14.8. The van der Waals surface area contributed by atoms with Gasteiger partial charge < -0.3 is 14.5 Å². The van der Waals surface area contributed by atoms with Crippen molar-refractivity contribution in [3.05, 3.63) is 46.9 Å². The maximum Gasteiger partial charge on any atom is 0.262 e. The van der Waals surface area contributed by atoms with Gasteiger partial charge >= 0.3 is 0 Å². The van der Waals surface area contributed by atoms with Crippen molar-refractivity contribution in [3.8, 4) is 23.0 Å². The number of nitrogens with one attached hydrogen (secondary N) is 1. The molecule has 3 aromatic rings. The Balaban J connectivity index is 2.31. The van der Waals surface area contributed by atoms with Gasteiger partial charge in [0.1, 0.15) is 22.6 Å². The Hall–Kier alpha value is -2.89. The van der Waals surface area contributed by atoms with E-state index >= 15 is 0 Å². The predicted octanol–water partition coefficient (Wildman–Crippen LogP) is 2.00. The lowest BCUT2D eigenvalue weighted by Gasteiger charge is -2.08. The number of methoxy groups -OCH3 is 2. The van der Waals surface area contributed by atoms with Crippen LogP contribution in [0.25, 0.3) is 22.4 Å². The third kappa shape index (κ3) is 2.31. The van der Waals surface area contributed by atoms with Crippen LogP contribution in [-0.2, 0) is 0 Å². The number of nitrogens with zero attached hydrogens (tertiary/aromatic N) is 2. The van der Waals surface area contributed by atoms with E-state index in [-0.39, 0.29) is 5.56 Å². The molecule has 0 spiro atoms. The van der Waals surface area contributed by atoms with Gasteiger partial charge in [-0.3, -0.25) is 9.78 Å². The zero-order valence-corrected chi connectivity index (χ0v) is 11.6. The minimum atomic E-state index is -0.278. The molecule has 0 radical (unpaired) electrons. The lowest BCUT2D eigenvalue weighted by atomic mass is 10.2. The number of rotatable bonds is 3. The minimum absolute atomic E-state index is 0.278. The molecule has 2 aromatic heterocycles. The van der Waals surface area contributed by atoms with E-state index in [1.165, 1.54) is 7.11 Å². The van der Waals surface area contributed by atoms with Crippen molar-refractivity contribution in [3.63, 3.8) is 0 Å². The SMILES string of the molecule is COc1cc(OC)c2c(=O)[nH]c(-c3ccccn3)nc2c1. The van der Waals surface area contributed by atoms with Crippen molar-refractivity contribution in [1.29, 1.82) is 0 Å². The molecule has 0 aliphatic heterocycles. The fraction of sp³-hybridized carbons (Fsp3) is 0.133. The number of aromatic nitrogens is 3. The number of aromatic amines is 1. The molecule has 0 fully saturated rings. The van der Waals surface area contributed by atoms with Gasteiger partial charge in [0.05, 0.1) is 19.7 Å². The number of fused-ring (bicyclic) bond motifs is 1. The zero-order valence-electron chi connectivity index (χ0n) is 11.6. The van der Waals surface area contributed by atoms with Crippen molar-refractivity contribution < 1.29 is 9.47 Å². The number of hydrogen-bond donors (Lipinski definition) is 1. The average molecular weight is 283 g/mol. The Morgan fingerprint density at radius 1 is 1.14 bits per heavy atom. The quantitative estimate of drug-likeness (QED) is 0.795. The molecule has 1 aromatic carbocycles. The van der Waals surface area contributed by atoms with Crippen LogP contribution in [0.2, 0.25) is 0 Å². The Morgan fingerprint density at radius 2 is 2.00 bits per heavy atom. The van der Waals surface area contributed by atoms with Gasteiger partial charge in [-0.1, -0.05) is 6.07 Å². The highest BCUT2D eigenvalue weighted by Crippen LogP contribution is 2.28. The lowest BCUT2D eigenvalue weighted by Crippen LogP contribution is -2.11. The second kappa shape index (κ2) is 5.24. The molecule has 0 bridgehead atoms. The second-order valence-corrected chi connectivity index (χ2v) is 4.35. The molecule has 0 amide bonds. The largest absolute Gasteiger partial charge is 0.497 e. The van der Waals surface area contributed by atoms with E-state index in [1.807, 2.05) is 6.07 Å². The van der Waals surface area contributed by atoms with Gasteiger partial charge in [-0.05, 0) is 12.1 Å². The fourth-order valence-corrected chi connectivity index (χ4v) is 2.11. The van der Waals surface area contributed by atoms with Crippen LogP contribution >= 0.6 is 0 Å². The van der Waals surface area contributed by atoms with Gasteiger partial charge in [-0.2, -0.15) is 0 Å². The maximum absolute atomic E-state index is 12.3. The normalized spacial score (nSPS) is 10.6. The smallest absolute Gasteiger partial charge is 0.262 e. The van der Waals surface area contributed by atoms with Crippen molar-refractivity contribution >= 4 is 10.9 Å². The molecular formula is C15H13N3O3. The highest BCUT2D eigenvalue weighted by Gasteiger charge is 2.13. The van der Waals surface area contributed by atoms with E-state index < -0.39 is 0 Å². The molecule has 106 valence electrons. The van der Waals surface area contributed by atoms with Gasteiger partial charge in [0.15, 0.2) is 5.82 Å². The average Bonchev–Trinajstić information content (AvgIpc) is 2.54. The summed E-state index contributed by atoms with van der Waals surface area (Å²) in [6.45, 7) is 0. The van der Waals surface area contributed by atoms with Gasteiger partial charge in [0, 0.05) is 18.3 Å². The summed E-state index contributed by atoms with van der Waals surface area (Å²) in [5.41, 5.74) is 0.814. The van der Waals surface area contributed by atoms with Crippen LogP contribution in [0.15, 0.2) is 41.3 Å². The second-order valence-electron chi connectivity index (χ2n) is 4.35. The van der Waals surface area contributed by atoms with Crippen molar-refractivity contribution in [1.82, 2.24) is 15.0 Å². The van der Waals surface area contributed by atoms with Crippen LogP contribution < -0.4 is 15.0 Å². The molecule has 2 heterocycles. The van der Waals surface area contributed by atoms with E-state index in [0.717, 1.165) is 0 Å². The van der Waals surface area contributed by atoms with Crippen molar-refractivity contribution in [2.45, 2.75) is 0 Å². The topological polar surface area (TPSA) is 77.1 Å². The van der Waals surface area contributed by atoms with Gasteiger partial charge in [-0.15, -0.1) is 0 Å². The monoisotopic (exact) mass is 283 g/mol. The summed E-state index contributed by atoms with van der Waals surface area (Å²) in [5.74, 6) is 1.40. The third-order valence-corrected chi connectivity index (χ3v) is 3.11. The van der Waals surface area contributed by atoms with Crippen LogP contribution in [-0.4, -0.2) is 29.2 Å². The third-order valence-electron chi connectivity index (χ3n) is 3.11. The molecule has 0 saturated heterocycles. The van der Waals surface area contributed by atoms with Crippen LogP contribution in [0.4, 0.5) is 0 Å². The first-order valence-electron chi connectivity index (χ1n) is 6.30. The predicted molar refractivity (Wildman–Crippen MR) is 78.7 cm³/mol. The fourth-order valence-electron chi connectivity index (χ4n) is 2.11. The summed E-state index contributed by atoms with van der Waals surface area (Å²) in [4.78, 5) is 23.7. The van der Waals surface area contributed by atoms with Crippen LogP contribution in [0, 0.1) is 0 Å². The molecule has 3 rings (SSSR count). The summed E-state index contributed by atoms with van der Waals surface area (Å²) in [5, 5.41) is 0.387. The standard InChI is InChI=1S/C15H13N3O3/c1-20-9-7-11-13(12(8-9)21-2)15(19)18-14(17-11)10-5-3-4-6-16-10/h3-8H,1-2H3,(H,17,18,19). The van der Waals surface area contributed by atoms with Gasteiger partial charge in [-0.25, -0.2) is 4.98 Å². The van der Waals surface area contributed by atoms with E-state index in [9.17, 15) is 4.79 Å². The summed E-state index contributed by atoms with van der Waals surface area (Å²) >= 11 is 0. The van der Waals surface area contributed by atoms with Crippen molar-refractivity contribution in [2.75, 3.05) is 14.2 Å². The molecule has 0 aliphatic carbocycles. The molecule has 21 heavy (non-hydrogen) atoms. The summed E-state index contributed by atoms with van der Waals surface area (Å²) in [7, 11) is 3.05. The lowest BCUT2D eigenvalue weighted by molar-refractivity contribution is 0.397. The van der Waals surface area contributed by atoms with E-state index in [2.05, 4.69) is 15.0 Å². The molecule has 6 heteroatoms. The van der Waals surface area contributed by atoms with Gasteiger partial charge in [0.25, 0.3) is 5.56 Å². The summed E-state index contributed by atoms with van der Waals surface area (Å²) in [6.07, 6.45) is 1.64. The highest BCUT2D eigenvalue weighted by atomic mass is 16.5. The van der Waals surface area contributed by atoms with E-state index in [0.29, 0.717) is 33.9 Å². The Labute approximate surface area is 120 Å². The highest BCUT2D eigenvalue weighted by molar-refractivity contribution is 5.87. The molecule has 0 aliphatic rings. The molecular weight excluding hydrogens is 270 g/mol. The first kappa shape index (κ1) is 13.1. The van der Waals surface area contributed by atoms with Crippen LogP contribution in [0.1, 0.15) is 0 Å². The molecule has 0 saturated carbocycles. The van der Waals surface area contributed by atoms with Crippen LogP contribution in [0.5, 0.6) is 11.5 Å². The molecule has 0 atom stereocenters. The molecule has 6 nitrogen and oxygen atoms in total. The van der Waals surface area contributed by atoms with Gasteiger partial charge in [0.2, 0.25) is 0 Å². The van der Waals surface area contributed by atoms with E-state index in [1.54, 1.807) is 37.6 Å². The molecule has 0 unspecified atom stereocenters. The maximum atomic E-state index is 12.3. The number of H-pyrrole nitrogens is 1. The molecule has 1 N–H and O–H groups in total. The number of benzene rings is 1. The Kier molecular flexibility index (Phi) is 3.27. The summed E-state index contributed by atoms with van der Waals surface area (Å²) in [6, 6.07) is 8.76. The van der Waals surface area contributed by atoms with Crippen molar-refractivity contribution in [2.24, 2.45) is 0 Å². The Morgan fingerprint density at radius 3 is 2.67 bits per heavy atom. The minimum Gasteiger partial charge on any atom is -0.497 e. The first-order chi connectivity index (χ1) is 10.2. The first-order valence-corrected chi connectivity index (χ1v) is 6.30. The number of pyridine rings is 1.